The zero-order chi connectivity index (χ0) is 12.0. The first-order valence-corrected chi connectivity index (χ1v) is 4.89. The lowest BCUT2D eigenvalue weighted by atomic mass is 10.2. The van der Waals surface area contributed by atoms with Crippen LogP contribution in [0.1, 0.15) is 25.5 Å². The second kappa shape index (κ2) is 5.66. The lowest BCUT2D eigenvalue weighted by molar-refractivity contribution is -0.138. The van der Waals surface area contributed by atoms with Crippen LogP contribution in [0.3, 0.4) is 0 Å². The second-order valence-corrected chi connectivity index (χ2v) is 3.22. The van der Waals surface area contributed by atoms with Crippen molar-refractivity contribution in [1.29, 1.82) is 5.26 Å². The minimum absolute atomic E-state index is 0.202. The fraction of sp³-hybridized carbons (Fsp3) is 0.400. The predicted octanol–water partition coefficient (Wildman–Crippen LogP) is 1.01. The van der Waals surface area contributed by atoms with Crippen LogP contribution in [-0.4, -0.2) is 27.1 Å². The Morgan fingerprint density at radius 2 is 2.38 bits per heavy atom. The summed E-state index contributed by atoms with van der Waals surface area (Å²) in [6.07, 6.45) is 3.92. The molecule has 0 aromatic carbocycles. The highest BCUT2D eigenvalue weighted by molar-refractivity contribution is 5.76. The number of rotatable bonds is 5. The molecule has 2 N–H and O–H groups in total. The molecule has 0 bridgehead atoms. The third-order valence-corrected chi connectivity index (χ3v) is 1.96. The van der Waals surface area contributed by atoms with Crippen LogP contribution < -0.4 is 5.32 Å². The van der Waals surface area contributed by atoms with Gasteiger partial charge in [-0.15, -0.1) is 0 Å². The average molecular weight is 220 g/mol. The quantitative estimate of drug-likeness (QED) is 0.768. The summed E-state index contributed by atoms with van der Waals surface area (Å²) >= 11 is 0. The number of carboxylic acid groups (broad SMARTS) is 1. The summed E-state index contributed by atoms with van der Waals surface area (Å²) in [5.74, 6) is -0.562. The van der Waals surface area contributed by atoms with E-state index in [1.807, 2.05) is 13.0 Å². The number of anilines is 1. The molecule has 0 aliphatic carbocycles. The topological polar surface area (TPSA) is 98.9 Å². The first-order chi connectivity index (χ1) is 7.67. The summed E-state index contributed by atoms with van der Waals surface area (Å²) in [5, 5.41) is 20.2. The molecule has 1 aromatic heterocycles. The van der Waals surface area contributed by atoms with Crippen molar-refractivity contribution in [3.8, 4) is 6.07 Å². The van der Waals surface area contributed by atoms with Gasteiger partial charge in [0.15, 0.2) is 5.69 Å². The van der Waals surface area contributed by atoms with Crippen molar-refractivity contribution < 1.29 is 9.90 Å². The summed E-state index contributed by atoms with van der Waals surface area (Å²) < 4.78 is 0. The van der Waals surface area contributed by atoms with Crippen molar-refractivity contribution in [1.82, 2.24) is 9.97 Å². The molecule has 0 spiro atoms. The molecule has 1 heterocycles. The normalized spacial score (nSPS) is 11.5. The summed E-state index contributed by atoms with van der Waals surface area (Å²) in [6.45, 7) is 1.90. The fourth-order valence-electron chi connectivity index (χ4n) is 1.18. The van der Waals surface area contributed by atoms with E-state index in [1.54, 1.807) is 0 Å². The van der Waals surface area contributed by atoms with Gasteiger partial charge in [0.05, 0.1) is 12.4 Å². The molecule has 6 heteroatoms. The molecule has 0 radical (unpaired) electrons. The van der Waals surface area contributed by atoms with Crippen molar-refractivity contribution >= 4 is 11.8 Å². The molecule has 1 unspecified atom stereocenters. The highest BCUT2D eigenvalue weighted by atomic mass is 16.4. The van der Waals surface area contributed by atoms with Crippen LogP contribution in [0.5, 0.6) is 0 Å². The first kappa shape index (κ1) is 11.9. The molecular formula is C10H12N4O2. The molecule has 0 amide bonds. The van der Waals surface area contributed by atoms with Gasteiger partial charge < -0.3 is 10.4 Å². The van der Waals surface area contributed by atoms with E-state index in [4.69, 9.17) is 10.4 Å². The Bertz CT molecular complexity index is 396. The third kappa shape index (κ3) is 3.20. The lowest BCUT2D eigenvalue weighted by Gasteiger charge is -2.13. The number of carbonyl (C=O) groups is 1. The largest absolute Gasteiger partial charge is 0.480 e. The van der Waals surface area contributed by atoms with E-state index in [-0.39, 0.29) is 5.69 Å². The highest BCUT2D eigenvalue weighted by Crippen LogP contribution is 2.07. The van der Waals surface area contributed by atoms with Crippen molar-refractivity contribution in [3.05, 3.63) is 18.1 Å². The van der Waals surface area contributed by atoms with Gasteiger partial charge in [-0.2, -0.15) is 5.26 Å². The number of aliphatic carboxylic acids is 1. The van der Waals surface area contributed by atoms with Gasteiger partial charge in [-0.1, -0.05) is 13.3 Å². The predicted molar refractivity (Wildman–Crippen MR) is 56.7 cm³/mol. The Labute approximate surface area is 93.0 Å². The molecular weight excluding hydrogens is 208 g/mol. The van der Waals surface area contributed by atoms with Crippen LogP contribution in [0, 0.1) is 11.3 Å². The Morgan fingerprint density at radius 3 is 2.81 bits per heavy atom. The van der Waals surface area contributed by atoms with Crippen LogP contribution in [0.25, 0.3) is 0 Å². The maximum absolute atomic E-state index is 10.9. The Balaban J connectivity index is 2.70. The van der Waals surface area contributed by atoms with E-state index >= 15 is 0 Å². The zero-order valence-electron chi connectivity index (χ0n) is 8.84. The highest BCUT2D eigenvalue weighted by Gasteiger charge is 2.16. The van der Waals surface area contributed by atoms with Gasteiger partial charge in [0, 0.05) is 0 Å². The van der Waals surface area contributed by atoms with E-state index in [0.717, 1.165) is 6.42 Å². The summed E-state index contributed by atoms with van der Waals surface area (Å²) in [6, 6.07) is 1.16. The van der Waals surface area contributed by atoms with Crippen LogP contribution in [0.2, 0.25) is 0 Å². The summed E-state index contributed by atoms with van der Waals surface area (Å²) in [4.78, 5) is 18.5. The summed E-state index contributed by atoms with van der Waals surface area (Å²) in [7, 11) is 0. The Kier molecular flexibility index (Phi) is 4.21. The molecule has 0 saturated heterocycles. The smallest absolute Gasteiger partial charge is 0.326 e. The number of nitriles is 1. The average Bonchev–Trinajstić information content (AvgIpc) is 2.29. The van der Waals surface area contributed by atoms with Gasteiger partial charge in [0.25, 0.3) is 0 Å². The second-order valence-electron chi connectivity index (χ2n) is 3.22. The minimum atomic E-state index is -0.923. The van der Waals surface area contributed by atoms with Gasteiger partial charge in [-0.3, -0.25) is 0 Å². The van der Waals surface area contributed by atoms with Gasteiger partial charge >= 0.3 is 5.97 Å². The zero-order valence-corrected chi connectivity index (χ0v) is 8.84. The Hall–Kier alpha value is -2.16. The van der Waals surface area contributed by atoms with Gasteiger partial charge in [0.2, 0.25) is 0 Å². The maximum Gasteiger partial charge on any atom is 0.326 e. The Morgan fingerprint density at radius 1 is 1.62 bits per heavy atom. The SMILES string of the molecule is CCCC(Nc1cnc(C#N)cn1)C(=O)O. The molecule has 84 valence electrons. The number of hydrogen-bond donors (Lipinski definition) is 2. The van der Waals surface area contributed by atoms with Crippen LogP contribution >= 0.6 is 0 Å². The lowest BCUT2D eigenvalue weighted by Crippen LogP contribution is -2.29. The van der Waals surface area contributed by atoms with Gasteiger partial charge in [-0.05, 0) is 6.42 Å². The molecule has 1 atom stereocenters. The van der Waals surface area contributed by atoms with Crippen LogP contribution in [0.15, 0.2) is 12.4 Å². The third-order valence-electron chi connectivity index (χ3n) is 1.96. The number of hydrogen-bond acceptors (Lipinski definition) is 5. The van der Waals surface area contributed by atoms with Crippen LogP contribution in [0.4, 0.5) is 5.82 Å². The van der Waals surface area contributed by atoms with Crippen molar-refractivity contribution in [2.45, 2.75) is 25.8 Å². The van der Waals surface area contributed by atoms with E-state index in [2.05, 4.69) is 15.3 Å². The fourth-order valence-corrected chi connectivity index (χ4v) is 1.18. The van der Waals surface area contributed by atoms with E-state index in [1.165, 1.54) is 12.4 Å². The molecule has 1 rings (SSSR count). The van der Waals surface area contributed by atoms with Crippen molar-refractivity contribution in [2.75, 3.05) is 5.32 Å². The standard InChI is InChI=1S/C10H12N4O2/c1-2-3-8(10(15)16)14-9-6-12-7(4-11)5-13-9/h5-6,8H,2-3H2,1H3,(H,13,14)(H,15,16). The number of carboxylic acids is 1. The monoisotopic (exact) mass is 220 g/mol. The molecule has 16 heavy (non-hydrogen) atoms. The van der Waals surface area contributed by atoms with E-state index in [0.29, 0.717) is 12.2 Å². The molecule has 0 saturated carbocycles. The van der Waals surface area contributed by atoms with Gasteiger partial charge in [0.1, 0.15) is 17.9 Å². The molecule has 0 aliphatic rings. The van der Waals surface area contributed by atoms with Crippen molar-refractivity contribution in [3.63, 3.8) is 0 Å². The minimum Gasteiger partial charge on any atom is -0.480 e. The first-order valence-electron chi connectivity index (χ1n) is 4.89. The van der Waals surface area contributed by atoms with E-state index in [9.17, 15) is 4.79 Å². The molecule has 0 aliphatic heterocycles. The van der Waals surface area contributed by atoms with E-state index < -0.39 is 12.0 Å². The molecule has 6 nitrogen and oxygen atoms in total. The number of nitrogens with one attached hydrogen (secondary N) is 1. The van der Waals surface area contributed by atoms with Crippen molar-refractivity contribution in [2.24, 2.45) is 0 Å². The maximum atomic E-state index is 10.9. The number of nitrogens with zero attached hydrogens (tertiary/aromatic N) is 3. The van der Waals surface area contributed by atoms with Gasteiger partial charge in [-0.25, -0.2) is 14.8 Å². The van der Waals surface area contributed by atoms with Crippen LogP contribution in [-0.2, 0) is 4.79 Å². The molecule has 1 aromatic rings. The summed E-state index contributed by atoms with van der Waals surface area (Å²) in [5.41, 5.74) is 0.202. The molecule has 0 fully saturated rings. The number of aromatic nitrogens is 2.